The molecule has 156 valence electrons. The zero-order valence-corrected chi connectivity index (χ0v) is 17.6. The van der Waals surface area contributed by atoms with Gasteiger partial charge in [-0.3, -0.25) is 20.4 Å². The molecule has 2 heterocycles. The molecule has 4 rings (SSSR count). The zero-order chi connectivity index (χ0) is 22.0. The number of benzene rings is 2. The summed E-state index contributed by atoms with van der Waals surface area (Å²) in [5, 5.41) is 5.65. The number of hydrogen-bond donors (Lipinski definition) is 2. The van der Waals surface area contributed by atoms with E-state index in [4.69, 9.17) is 16.0 Å². The first kappa shape index (κ1) is 20.4. The summed E-state index contributed by atoms with van der Waals surface area (Å²) in [6, 6.07) is 16.8. The number of halogens is 1. The van der Waals surface area contributed by atoms with Crippen molar-refractivity contribution in [3.8, 4) is 5.69 Å². The predicted octanol–water partition coefficient (Wildman–Crippen LogP) is 4.36. The van der Waals surface area contributed by atoms with Crippen molar-refractivity contribution in [1.29, 1.82) is 0 Å². The van der Waals surface area contributed by atoms with Crippen molar-refractivity contribution in [2.24, 2.45) is 0 Å². The molecule has 2 N–H and O–H groups in total. The lowest BCUT2D eigenvalue weighted by atomic mass is 10.1. The second-order valence-corrected chi connectivity index (χ2v) is 7.22. The monoisotopic (exact) mass is 434 g/mol. The number of para-hydroxylation sites is 2. The third kappa shape index (κ3) is 4.08. The molecule has 0 atom stereocenters. The maximum Gasteiger partial charge on any atom is 0.305 e. The number of nitrogens with zero attached hydrogens (tertiary/aromatic N) is 2. The van der Waals surface area contributed by atoms with Crippen LogP contribution in [0, 0.1) is 13.8 Å². The lowest BCUT2D eigenvalue weighted by molar-refractivity contribution is -0.117. The lowest BCUT2D eigenvalue weighted by Gasteiger charge is -2.04. The first-order valence-corrected chi connectivity index (χ1v) is 9.90. The molecule has 8 heteroatoms. The topological polar surface area (TPSA) is 89.2 Å². The van der Waals surface area contributed by atoms with E-state index in [9.17, 15) is 9.59 Å². The molecule has 31 heavy (non-hydrogen) atoms. The molecule has 2 amide bonds. The SMILES string of the molecule is Cc1nn(-c2ccccc2)c(Cl)c1C=CC(=O)NNC(=O)c1oc2ccccc2c1C. The summed E-state index contributed by atoms with van der Waals surface area (Å²) in [5.74, 6) is -0.917. The molecule has 4 aromatic rings. The van der Waals surface area contributed by atoms with Gasteiger partial charge in [0, 0.05) is 22.6 Å². The third-order valence-corrected chi connectivity index (χ3v) is 5.16. The summed E-state index contributed by atoms with van der Waals surface area (Å²) >= 11 is 6.45. The Morgan fingerprint density at radius 2 is 1.74 bits per heavy atom. The number of fused-ring (bicyclic) bond motifs is 1. The number of carbonyl (C=O) groups excluding carboxylic acids is 2. The van der Waals surface area contributed by atoms with E-state index in [0.29, 0.717) is 27.6 Å². The number of aryl methyl sites for hydroxylation is 2. The third-order valence-electron chi connectivity index (χ3n) is 4.80. The van der Waals surface area contributed by atoms with Crippen LogP contribution in [0.1, 0.15) is 27.4 Å². The van der Waals surface area contributed by atoms with E-state index in [-0.39, 0.29) is 5.76 Å². The molecule has 0 saturated heterocycles. The zero-order valence-electron chi connectivity index (χ0n) is 16.8. The minimum atomic E-state index is -0.540. The molecule has 7 nitrogen and oxygen atoms in total. The van der Waals surface area contributed by atoms with Crippen molar-refractivity contribution in [1.82, 2.24) is 20.6 Å². The van der Waals surface area contributed by atoms with Gasteiger partial charge < -0.3 is 4.42 Å². The number of amides is 2. The highest BCUT2D eigenvalue weighted by Crippen LogP contribution is 2.25. The molecule has 0 aliphatic carbocycles. The minimum Gasteiger partial charge on any atom is -0.451 e. The minimum absolute atomic E-state index is 0.147. The first-order valence-electron chi connectivity index (χ1n) is 9.53. The van der Waals surface area contributed by atoms with Crippen molar-refractivity contribution >= 4 is 40.5 Å². The molecule has 0 radical (unpaired) electrons. The van der Waals surface area contributed by atoms with Crippen LogP contribution >= 0.6 is 11.6 Å². The lowest BCUT2D eigenvalue weighted by Crippen LogP contribution is -2.40. The molecule has 2 aromatic heterocycles. The van der Waals surface area contributed by atoms with E-state index in [1.807, 2.05) is 48.5 Å². The maximum absolute atomic E-state index is 12.4. The number of aromatic nitrogens is 2. The summed E-state index contributed by atoms with van der Waals surface area (Å²) in [5.41, 5.74) is 8.11. The molecular weight excluding hydrogens is 416 g/mol. The van der Waals surface area contributed by atoms with Crippen LogP contribution in [0.15, 0.2) is 65.1 Å². The van der Waals surface area contributed by atoms with Gasteiger partial charge in [-0.15, -0.1) is 0 Å². The Morgan fingerprint density at radius 1 is 1.03 bits per heavy atom. The van der Waals surface area contributed by atoms with E-state index in [1.54, 1.807) is 30.7 Å². The summed E-state index contributed by atoms with van der Waals surface area (Å²) in [6.07, 6.45) is 2.83. The molecule has 2 aromatic carbocycles. The van der Waals surface area contributed by atoms with Crippen LogP contribution < -0.4 is 10.9 Å². The Morgan fingerprint density at radius 3 is 2.48 bits per heavy atom. The molecule has 0 aliphatic heterocycles. The van der Waals surface area contributed by atoms with Crippen LogP contribution in [-0.2, 0) is 4.79 Å². The van der Waals surface area contributed by atoms with Crippen LogP contribution in [0.3, 0.4) is 0 Å². The molecule has 0 bridgehead atoms. The van der Waals surface area contributed by atoms with Gasteiger partial charge in [-0.1, -0.05) is 48.0 Å². The van der Waals surface area contributed by atoms with Gasteiger partial charge in [0.25, 0.3) is 5.91 Å². The molecule has 0 spiro atoms. The van der Waals surface area contributed by atoms with Crippen LogP contribution in [0.5, 0.6) is 0 Å². The Kier molecular flexibility index (Phi) is 5.60. The van der Waals surface area contributed by atoms with Gasteiger partial charge in [0.1, 0.15) is 10.7 Å². The normalized spacial score (nSPS) is 11.2. The summed E-state index contributed by atoms with van der Waals surface area (Å²) < 4.78 is 7.19. The fourth-order valence-electron chi connectivity index (χ4n) is 3.21. The fourth-order valence-corrected chi connectivity index (χ4v) is 3.54. The summed E-state index contributed by atoms with van der Waals surface area (Å²) in [6.45, 7) is 3.59. The number of furan rings is 1. The van der Waals surface area contributed by atoms with Gasteiger partial charge in [-0.25, -0.2) is 4.68 Å². The Hall–Kier alpha value is -3.84. The van der Waals surface area contributed by atoms with E-state index < -0.39 is 11.8 Å². The summed E-state index contributed by atoms with van der Waals surface area (Å²) in [4.78, 5) is 24.6. The van der Waals surface area contributed by atoms with E-state index in [2.05, 4.69) is 16.0 Å². The molecule has 0 saturated carbocycles. The van der Waals surface area contributed by atoms with Gasteiger partial charge in [0.15, 0.2) is 5.76 Å². The van der Waals surface area contributed by atoms with Crippen LogP contribution in [-0.4, -0.2) is 21.6 Å². The second kappa shape index (κ2) is 8.49. The Balaban J connectivity index is 1.44. The van der Waals surface area contributed by atoms with Gasteiger partial charge in [0.05, 0.1) is 11.4 Å². The van der Waals surface area contributed by atoms with Crippen molar-refractivity contribution in [2.75, 3.05) is 0 Å². The van der Waals surface area contributed by atoms with Gasteiger partial charge >= 0.3 is 5.91 Å². The second-order valence-electron chi connectivity index (χ2n) is 6.87. The Labute approximate surface area is 183 Å². The smallest absolute Gasteiger partial charge is 0.305 e. The van der Waals surface area contributed by atoms with Crippen molar-refractivity contribution in [2.45, 2.75) is 13.8 Å². The van der Waals surface area contributed by atoms with E-state index in [0.717, 1.165) is 11.1 Å². The number of hydrogen-bond acceptors (Lipinski definition) is 4. The van der Waals surface area contributed by atoms with E-state index >= 15 is 0 Å². The average molecular weight is 435 g/mol. The number of nitrogens with one attached hydrogen (secondary N) is 2. The highest BCUT2D eigenvalue weighted by Gasteiger charge is 2.18. The highest BCUT2D eigenvalue weighted by molar-refractivity contribution is 6.31. The predicted molar refractivity (Wildman–Crippen MR) is 119 cm³/mol. The van der Waals surface area contributed by atoms with Gasteiger partial charge in [-0.2, -0.15) is 5.10 Å². The van der Waals surface area contributed by atoms with Gasteiger partial charge in [-0.05, 0) is 38.1 Å². The largest absolute Gasteiger partial charge is 0.451 e. The molecule has 0 aliphatic rings. The van der Waals surface area contributed by atoms with Crippen LogP contribution in [0.25, 0.3) is 22.7 Å². The van der Waals surface area contributed by atoms with Crippen LogP contribution in [0.4, 0.5) is 0 Å². The number of hydrazine groups is 1. The van der Waals surface area contributed by atoms with Crippen molar-refractivity contribution < 1.29 is 14.0 Å². The van der Waals surface area contributed by atoms with Crippen molar-refractivity contribution in [3.05, 3.63) is 88.4 Å². The molecule has 0 unspecified atom stereocenters. The first-order chi connectivity index (χ1) is 15.0. The fraction of sp³-hybridized carbons (Fsp3) is 0.0870. The highest BCUT2D eigenvalue weighted by atomic mass is 35.5. The Bertz CT molecular complexity index is 1310. The molecular formula is C23H19ClN4O3. The number of carbonyl (C=O) groups is 2. The quantitative estimate of drug-likeness (QED) is 0.369. The summed E-state index contributed by atoms with van der Waals surface area (Å²) in [7, 11) is 0. The average Bonchev–Trinajstić information content (AvgIpc) is 3.27. The van der Waals surface area contributed by atoms with Gasteiger partial charge in [0.2, 0.25) is 0 Å². The van der Waals surface area contributed by atoms with E-state index in [1.165, 1.54) is 6.08 Å². The standard InChI is InChI=1S/C23H19ClN4O3/c1-14-17-10-6-7-11-19(17)31-21(14)23(30)26-25-20(29)13-12-18-15(2)27-28(22(18)24)16-8-4-3-5-9-16/h3-13H,1-2H3,(H,25,29)(H,26,30). The number of rotatable bonds is 4. The van der Waals surface area contributed by atoms with Crippen molar-refractivity contribution in [3.63, 3.8) is 0 Å². The van der Waals surface area contributed by atoms with Crippen LogP contribution in [0.2, 0.25) is 5.15 Å². The maximum atomic E-state index is 12.4. The molecule has 0 fully saturated rings.